The predicted molar refractivity (Wildman–Crippen MR) is 109 cm³/mol. The molecule has 4 aromatic rings. The number of rotatable bonds is 6. The Hall–Kier alpha value is -2.83. The molecule has 0 saturated carbocycles. The lowest BCUT2D eigenvalue weighted by atomic mass is 10.3. The maximum atomic E-state index is 12.0. The lowest BCUT2D eigenvalue weighted by molar-refractivity contribution is -0.119. The van der Waals surface area contributed by atoms with E-state index in [9.17, 15) is 4.79 Å². The van der Waals surface area contributed by atoms with E-state index < -0.39 is 0 Å². The van der Waals surface area contributed by atoms with Crippen LogP contribution in [0.25, 0.3) is 21.0 Å². The zero-order valence-corrected chi connectivity index (χ0v) is 15.8. The van der Waals surface area contributed by atoms with Crippen LogP contribution in [-0.2, 0) is 11.3 Å². The van der Waals surface area contributed by atoms with Crippen LogP contribution < -0.4 is 10.6 Å². The summed E-state index contributed by atoms with van der Waals surface area (Å²) in [5.74, 6) is 1.23. The molecule has 7 heteroatoms. The van der Waals surface area contributed by atoms with E-state index in [2.05, 4.69) is 15.6 Å². The van der Waals surface area contributed by atoms with E-state index in [1.54, 1.807) is 17.4 Å². The monoisotopic (exact) mass is 397 g/mol. The molecular formula is C20H16ClN3O2S. The van der Waals surface area contributed by atoms with Crippen molar-refractivity contribution >= 4 is 44.7 Å². The van der Waals surface area contributed by atoms with Crippen molar-refractivity contribution in [2.75, 3.05) is 11.9 Å². The summed E-state index contributed by atoms with van der Waals surface area (Å²) >= 11 is 7.64. The van der Waals surface area contributed by atoms with Crippen LogP contribution in [0.2, 0.25) is 5.02 Å². The summed E-state index contributed by atoms with van der Waals surface area (Å²) in [6, 6.07) is 19.0. The molecule has 2 aromatic carbocycles. The highest BCUT2D eigenvalue weighted by Gasteiger charge is 2.11. The molecule has 5 nitrogen and oxygen atoms in total. The van der Waals surface area contributed by atoms with E-state index in [4.69, 9.17) is 16.0 Å². The van der Waals surface area contributed by atoms with Gasteiger partial charge in [0.25, 0.3) is 0 Å². The third kappa shape index (κ3) is 4.13. The van der Waals surface area contributed by atoms with Crippen molar-refractivity contribution in [2.24, 2.45) is 0 Å². The van der Waals surface area contributed by atoms with Gasteiger partial charge >= 0.3 is 0 Å². The van der Waals surface area contributed by atoms with Crippen molar-refractivity contribution in [1.82, 2.24) is 10.3 Å². The molecule has 0 fully saturated rings. The summed E-state index contributed by atoms with van der Waals surface area (Å²) in [5, 5.41) is 7.25. The SMILES string of the molecule is O=C(CNc1ccccc1Cl)NCc1ccc(-c2nc3ccccc3s2)o1. The van der Waals surface area contributed by atoms with Crippen LogP contribution in [0, 0.1) is 0 Å². The minimum absolute atomic E-state index is 0.134. The smallest absolute Gasteiger partial charge is 0.239 e. The average molecular weight is 398 g/mol. The first kappa shape index (κ1) is 17.6. The van der Waals surface area contributed by atoms with Gasteiger partial charge in [0.1, 0.15) is 5.76 Å². The number of hydrogen-bond donors (Lipinski definition) is 2. The Morgan fingerprint density at radius 3 is 2.74 bits per heavy atom. The largest absolute Gasteiger partial charge is 0.457 e. The van der Waals surface area contributed by atoms with Gasteiger partial charge < -0.3 is 15.1 Å². The molecule has 0 radical (unpaired) electrons. The van der Waals surface area contributed by atoms with Crippen LogP contribution in [0.5, 0.6) is 0 Å². The molecule has 4 rings (SSSR count). The van der Waals surface area contributed by atoms with Gasteiger partial charge in [0.05, 0.1) is 34.0 Å². The normalized spacial score (nSPS) is 10.9. The number of hydrogen-bond acceptors (Lipinski definition) is 5. The first-order valence-corrected chi connectivity index (χ1v) is 9.58. The Kier molecular flexibility index (Phi) is 5.09. The van der Waals surface area contributed by atoms with E-state index >= 15 is 0 Å². The quantitative estimate of drug-likeness (QED) is 0.483. The second kappa shape index (κ2) is 7.82. The molecule has 2 N–H and O–H groups in total. The van der Waals surface area contributed by atoms with Crippen molar-refractivity contribution in [2.45, 2.75) is 6.54 Å². The Balaban J connectivity index is 1.34. The Morgan fingerprint density at radius 2 is 1.89 bits per heavy atom. The average Bonchev–Trinajstić information content (AvgIpc) is 3.32. The number of carbonyl (C=O) groups is 1. The van der Waals surface area contributed by atoms with Gasteiger partial charge in [0.15, 0.2) is 10.8 Å². The number of para-hydroxylation sites is 2. The summed E-state index contributed by atoms with van der Waals surface area (Å²) < 4.78 is 6.94. The molecule has 136 valence electrons. The molecule has 0 saturated heterocycles. The molecule has 0 bridgehead atoms. The Morgan fingerprint density at radius 1 is 1.07 bits per heavy atom. The fraction of sp³-hybridized carbons (Fsp3) is 0.100. The number of anilines is 1. The summed E-state index contributed by atoms with van der Waals surface area (Å²) in [6.45, 7) is 0.448. The van der Waals surface area contributed by atoms with E-state index in [0.717, 1.165) is 20.9 Å². The molecule has 0 unspecified atom stereocenters. The van der Waals surface area contributed by atoms with Crippen LogP contribution in [0.4, 0.5) is 5.69 Å². The van der Waals surface area contributed by atoms with Gasteiger partial charge in [0.2, 0.25) is 5.91 Å². The van der Waals surface area contributed by atoms with Crippen molar-refractivity contribution in [3.05, 3.63) is 71.4 Å². The zero-order chi connectivity index (χ0) is 18.6. The Labute approximate surface area is 165 Å². The first-order valence-electron chi connectivity index (χ1n) is 8.39. The van der Waals surface area contributed by atoms with E-state index in [-0.39, 0.29) is 12.5 Å². The summed E-state index contributed by atoms with van der Waals surface area (Å²) in [4.78, 5) is 16.6. The maximum absolute atomic E-state index is 12.0. The molecule has 27 heavy (non-hydrogen) atoms. The minimum atomic E-state index is -0.146. The third-order valence-corrected chi connectivity index (χ3v) is 5.32. The number of nitrogens with one attached hydrogen (secondary N) is 2. The number of thiazole rings is 1. The highest BCUT2D eigenvalue weighted by atomic mass is 35.5. The molecule has 0 spiro atoms. The number of furan rings is 1. The predicted octanol–water partition coefficient (Wildman–Crippen LogP) is 4.94. The number of benzene rings is 2. The molecular weight excluding hydrogens is 382 g/mol. The van der Waals surface area contributed by atoms with Crippen LogP contribution >= 0.6 is 22.9 Å². The standard InChI is InChI=1S/C20H16ClN3O2S/c21-14-5-1-2-6-15(14)22-12-19(25)23-11-13-9-10-17(26-13)20-24-16-7-3-4-8-18(16)27-20/h1-10,22H,11-12H2,(H,23,25). The van der Waals surface area contributed by atoms with Gasteiger partial charge in [0, 0.05) is 0 Å². The van der Waals surface area contributed by atoms with Crippen LogP contribution in [-0.4, -0.2) is 17.4 Å². The number of carbonyl (C=O) groups excluding carboxylic acids is 1. The van der Waals surface area contributed by atoms with Crippen LogP contribution in [0.3, 0.4) is 0 Å². The molecule has 0 aliphatic heterocycles. The summed E-state index contributed by atoms with van der Waals surface area (Å²) in [7, 11) is 0. The fourth-order valence-electron chi connectivity index (χ4n) is 2.59. The van der Waals surface area contributed by atoms with Crippen molar-refractivity contribution in [1.29, 1.82) is 0 Å². The number of fused-ring (bicyclic) bond motifs is 1. The fourth-order valence-corrected chi connectivity index (χ4v) is 3.72. The second-order valence-electron chi connectivity index (χ2n) is 5.86. The van der Waals surface area contributed by atoms with Crippen LogP contribution in [0.15, 0.2) is 65.1 Å². The highest BCUT2D eigenvalue weighted by Crippen LogP contribution is 2.31. The van der Waals surface area contributed by atoms with Gasteiger partial charge in [-0.2, -0.15) is 0 Å². The molecule has 1 amide bonds. The third-order valence-electron chi connectivity index (χ3n) is 3.94. The lowest BCUT2D eigenvalue weighted by Gasteiger charge is -2.08. The van der Waals surface area contributed by atoms with Gasteiger partial charge in [-0.05, 0) is 36.4 Å². The van der Waals surface area contributed by atoms with Gasteiger partial charge in [-0.15, -0.1) is 11.3 Å². The highest BCUT2D eigenvalue weighted by molar-refractivity contribution is 7.21. The second-order valence-corrected chi connectivity index (χ2v) is 7.30. The van der Waals surface area contributed by atoms with Crippen LogP contribution in [0.1, 0.15) is 5.76 Å². The molecule has 0 aliphatic carbocycles. The lowest BCUT2D eigenvalue weighted by Crippen LogP contribution is -2.29. The molecule has 2 heterocycles. The molecule has 0 aliphatic rings. The topological polar surface area (TPSA) is 67.2 Å². The van der Waals surface area contributed by atoms with E-state index in [1.165, 1.54) is 0 Å². The van der Waals surface area contributed by atoms with E-state index in [0.29, 0.717) is 23.1 Å². The number of aromatic nitrogens is 1. The van der Waals surface area contributed by atoms with Gasteiger partial charge in [-0.3, -0.25) is 4.79 Å². The van der Waals surface area contributed by atoms with Crippen molar-refractivity contribution in [3.63, 3.8) is 0 Å². The van der Waals surface area contributed by atoms with E-state index in [1.807, 2.05) is 54.6 Å². The summed E-state index contributed by atoms with van der Waals surface area (Å²) in [5.41, 5.74) is 1.68. The summed E-state index contributed by atoms with van der Waals surface area (Å²) in [6.07, 6.45) is 0. The van der Waals surface area contributed by atoms with Gasteiger partial charge in [-0.1, -0.05) is 35.9 Å². The number of nitrogens with zero attached hydrogens (tertiary/aromatic N) is 1. The first-order chi connectivity index (χ1) is 13.2. The Bertz CT molecular complexity index is 1060. The minimum Gasteiger partial charge on any atom is -0.457 e. The maximum Gasteiger partial charge on any atom is 0.239 e. The zero-order valence-electron chi connectivity index (χ0n) is 14.2. The number of amides is 1. The molecule has 2 aromatic heterocycles. The van der Waals surface area contributed by atoms with Gasteiger partial charge in [-0.25, -0.2) is 4.98 Å². The molecule has 0 atom stereocenters. The van der Waals surface area contributed by atoms with Crippen molar-refractivity contribution in [3.8, 4) is 10.8 Å². The van der Waals surface area contributed by atoms with Crippen molar-refractivity contribution < 1.29 is 9.21 Å². The number of halogens is 1.